The molecule has 0 aliphatic heterocycles. The van der Waals surface area contributed by atoms with Gasteiger partial charge in [0.25, 0.3) is 0 Å². The second-order valence-electron chi connectivity index (χ2n) is 3.17. The topological polar surface area (TPSA) is 51.0 Å². The predicted molar refractivity (Wildman–Crippen MR) is 57.1 cm³/mol. The van der Waals surface area contributed by atoms with E-state index in [2.05, 4.69) is 22.2 Å². The fourth-order valence-electron chi connectivity index (χ4n) is 1.30. The summed E-state index contributed by atoms with van der Waals surface area (Å²) in [5.41, 5.74) is 0.903. The zero-order chi connectivity index (χ0) is 10.5. The van der Waals surface area contributed by atoms with Crippen LogP contribution in [-0.2, 0) is 6.54 Å². The smallest absolute Gasteiger partial charge is 0.137 e. The van der Waals surface area contributed by atoms with Crippen molar-refractivity contribution in [2.24, 2.45) is 0 Å². The van der Waals surface area contributed by atoms with E-state index in [0.29, 0.717) is 0 Å². The van der Waals surface area contributed by atoms with Gasteiger partial charge in [0, 0.05) is 12.4 Å². The van der Waals surface area contributed by atoms with Crippen LogP contribution in [0.3, 0.4) is 0 Å². The van der Waals surface area contributed by atoms with Gasteiger partial charge >= 0.3 is 0 Å². The first-order valence-electron chi connectivity index (χ1n) is 4.95. The van der Waals surface area contributed by atoms with Crippen LogP contribution >= 0.6 is 0 Å². The van der Waals surface area contributed by atoms with E-state index < -0.39 is 0 Å². The first kappa shape index (κ1) is 9.86. The summed E-state index contributed by atoms with van der Waals surface area (Å²) in [4.78, 5) is 7.89. The lowest BCUT2D eigenvalue weighted by Gasteiger charge is -1.97. The van der Waals surface area contributed by atoms with E-state index in [1.807, 2.05) is 12.1 Å². The van der Waals surface area contributed by atoms with Gasteiger partial charge in [-0.15, -0.1) is 0 Å². The summed E-state index contributed by atoms with van der Waals surface area (Å²) in [5.74, 6) is 1.74. The van der Waals surface area contributed by atoms with Crippen LogP contribution in [0.15, 0.2) is 35.3 Å². The van der Waals surface area contributed by atoms with E-state index in [4.69, 9.17) is 4.42 Å². The molecule has 0 atom stereocenters. The number of nitrogens with one attached hydrogen (secondary N) is 1. The largest absolute Gasteiger partial charge is 0.460 e. The molecular weight excluding hydrogens is 190 g/mol. The van der Waals surface area contributed by atoms with Crippen molar-refractivity contribution in [3.63, 3.8) is 0 Å². The summed E-state index contributed by atoms with van der Waals surface area (Å²) in [7, 11) is 0. The zero-order valence-corrected chi connectivity index (χ0v) is 8.60. The highest BCUT2D eigenvalue weighted by molar-refractivity contribution is 5.54. The summed E-state index contributed by atoms with van der Waals surface area (Å²) in [5, 5.41) is 3.20. The van der Waals surface area contributed by atoms with Crippen LogP contribution in [0.1, 0.15) is 12.7 Å². The van der Waals surface area contributed by atoms with Crippen molar-refractivity contribution in [3.8, 4) is 11.3 Å². The third-order valence-electron chi connectivity index (χ3n) is 2.06. The van der Waals surface area contributed by atoms with Crippen LogP contribution in [0.4, 0.5) is 0 Å². The molecule has 0 saturated carbocycles. The van der Waals surface area contributed by atoms with E-state index in [1.54, 1.807) is 12.4 Å². The molecule has 4 heteroatoms. The minimum atomic E-state index is 0.754. The molecule has 2 aromatic rings. The van der Waals surface area contributed by atoms with Gasteiger partial charge in [-0.3, -0.25) is 0 Å². The van der Waals surface area contributed by atoms with Crippen molar-refractivity contribution in [2.45, 2.75) is 13.5 Å². The number of hydrogen-bond donors (Lipinski definition) is 1. The first-order valence-corrected chi connectivity index (χ1v) is 4.95. The monoisotopic (exact) mass is 203 g/mol. The van der Waals surface area contributed by atoms with Crippen molar-refractivity contribution in [1.29, 1.82) is 0 Å². The van der Waals surface area contributed by atoms with Crippen molar-refractivity contribution in [3.05, 3.63) is 36.6 Å². The van der Waals surface area contributed by atoms with E-state index in [-0.39, 0.29) is 0 Å². The molecule has 78 valence electrons. The van der Waals surface area contributed by atoms with Gasteiger partial charge in [-0.05, 0) is 18.7 Å². The summed E-state index contributed by atoms with van der Waals surface area (Å²) in [6, 6.07) is 3.90. The Bertz CT molecular complexity index is 411. The van der Waals surface area contributed by atoms with Crippen LogP contribution in [0.25, 0.3) is 11.3 Å². The molecule has 1 N–H and O–H groups in total. The molecule has 0 unspecified atom stereocenters. The summed E-state index contributed by atoms with van der Waals surface area (Å²) < 4.78 is 5.63. The van der Waals surface area contributed by atoms with Gasteiger partial charge in [-0.25, -0.2) is 9.97 Å². The maximum Gasteiger partial charge on any atom is 0.137 e. The SMILES string of the molecule is CCNCc1ccc(-c2cncnc2)o1. The van der Waals surface area contributed by atoms with Gasteiger partial charge in [0.1, 0.15) is 17.8 Å². The Labute approximate surface area is 88.4 Å². The Balaban J connectivity index is 2.14. The zero-order valence-electron chi connectivity index (χ0n) is 8.60. The first-order chi connectivity index (χ1) is 7.40. The number of nitrogens with zero attached hydrogens (tertiary/aromatic N) is 2. The summed E-state index contributed by atoms with van der Waals surface area (Å²) in [6.07, 6.45) is 4.98. The molecule has 4 nitrogen and oxygen atoms in total. The number of rotatable bonds is 4. The molecule has 0 aliphatic carbocycles. The van der Waals surface area contributed by atoms with Crippen LogP contribution in [0, 0.1) is 0 Å². The Morgan fingerprint density at radius 2 is 2.07 bits per heavy atom. The number of aromatic nitrogens is 2. The molecule has 0 spiro atoms. The summed E-state index contributed by atoms with van der Waals surface area (Å²) in [6.45, 7) is 3.75. The Morgan fingerprint density at radius 3 is 2.80 bits per heavy atom. The number of hydrogen-bond acceptors (Lipinski definition) is 4. The molecule has 0 aliphatic rings. The molecule has 15 heavy (non-hydrogen) atoms. The molecule has 0 radical (unpaired) electrons. The van der Waals surface area contributed by atoms with Crippen molar-refractivity contribution >= 4 is 0 Å². The molecule has 0 saturated heterocycles. The molecule has 0 bridgehead atoms. The highest BCUT2D eigenvalue weighted by Crippen LogP contribution is 2.19. The van der Waals surface area contributed by atoms with E-state index in [9.17, 15) is 0 Å². The maximum absolute atomic E-state index is 5.63. The highest BCUT2D eigenvalue weighted by Gasteiger charge is 2.03. The quantitative estimate of drug-likeness (QED) is 0.823. The number of furan rings is 1. The Morgan fingerprint density at radius 1 is 1.27 bits per heavy atom. The van der Waals surface area contributed by atoms with Crippen LogP contribution in [0.5, 0.6) is 0 Å². The normalized spacial score (nSPS) is 10.5. The van der Waals surface area contributed by atoms with Gasteiger partial charge in [-0.2, -0.15) is 0 Å². The Kier molecular flexibility index (Phi) is 3.09. The van der Waals surface area contributed by atoms with Crippen molar-refractivity contribution in [2.75, 3.05) is 6.54 Å². The standard InChI is InChI=1S/C11H13N3O/c1-2-12-7-10-3-4-11(15-10)9-5-13-8-14-6-9/h3-6,8,12H,2,7H2,1H3. The lowest BCUT2D eigenvalue weighted by molar-refractivity contribution is 0.498. The Hall–Kier alpha value is -1.68. The second kappa shape index (κ2) is 4.70. The maximum atomic E-state index is 5.63. The highest BCUT2D eigenvalue weighted by atomic mass is 16.3. The minimum Gasteiger partial charge on any atom is -0.460 e. The molecule has 0 aromatic carbocycles. The van der Waals surface area contributed by atoms with Crippen LogP contribution in [-0.4, -0.2) is 16.5 Å². The van der Waals surface area contributed by atoms with Crippen molar-refractivity contribution in [1.82, 2.24) is 15.3 Å². The van der Waals surface area contributed by atoms with E-state index >= 15 is 0 Å². The van der Waals surface area contributed by atoms with Gasteiger partial charge in [0.05, 0.1) is 12.1 Å². The van der Waals surface area contributed by atoms with Crippen LogP contribution < -0.4 is 5.32 Å². The third-order valence-corrected chi connectivity index (χ3v) is 2.06. The summed E-state index contributed by atoms with van der Waals surface area (Å²) >= 11 is 0. The lowest BCUT2D eigenvalue weighted by atomic mass is 10.3. The van der Waals surface area contributed by atoms with Crippen molar-refractivity contribution < 1.29 is 4.42 Å². The van der Waals surface area contributed by atoms with E-state index in [1.165, 1.54) is 6.33 Å². The molecule has 2 aromatic heterocycles. The van der Waals surface area contributed by atoms with Gasteiger partial charge in [0.2, 0.25) is 0 Å². The molecule has 2 rings (SSSR count). The fourth-order valence-corrected chi connectivity index (χ4v) is 1.30. The molecule has 2 heterocycles. The molecule has 0 fully saturated rings. The van der Waals surface area contributed by atoms with E-state index in [0.717, 1.165) is 30.2 Å². The fraction of sp³-hybridized carbons (Fsp3) is 0.273. The minimum absolute atomic E-state index is 0.754. The van der Waals surface area contributed by atoms with Gasteiger partial charge in [-0.1, -0.05) is 6.92 Å². The lowest BCUT2D eigenvalue weighted by Crippen LogP contribution is -2.10. The van der Waals surface area contributed by atoms with Gasteiger partial charge < -0.3 is 9.73 Å². The molecular formula is C11H13N3O. The average molecular weight is 203 g/mol. The molecule has 0 amide bonds. The average Bonchev–Trinajstić information content (AvgIpc) is 2.76. The third kappa shape index (κ3) is 2.41. The second-order valence-corrected chi connectivity index (χ2v) is 3.17. The van der Waals surface area contributed by atoms with Gasteiger partial charge in [0.15, 0.2) is 0 Å². The predicted octanol–water partition coefficient (Wildman–Crippen LogP) is 1.85. The van der Waals surface area contributed by atoms with Crippen LogP contribution in [0.2, 0.25) is 0 Å².